The molecular weight excluding hydrogens is 313 g/mol. The Hall–Kier alpha value is -1.75. The highest BCUT2D eigenvalue weighted by Crippen LogP contribution is 2.30. The van der Waals surface area contributed by atoms with Gasteiger partial charge in [-0.1, -0.05) is 0 Å². The molecule has 0 saturated carbocycles. The van der Waals surface area contributed by atoms with E-state index in [1.165, 1.54) is 24.3 Å². The van der Waals surface area contributed by atoms with Gasteiger partial charge < -0.3 is 15.5 Å². The maximum absolute atomic E-state index is 13.1. The summed E-state index contributed by atoms with van der Waals surface area (Å²) >= 11 is 3.11. The fourth-order valence-corrected chi connectivity index (χ4v) is 2.18. The summed E-state index contributed by atoms with van der Waals surface area (Å²) in [7, 11) is 0. The third-order valence-electron chi connectivity index (χ3n) is 2.78. The number of phenolic OH excluding ortho intramolecular Hbond substituents is 2. The predicted molar refractivity (Wildman–Crippen MR) is 75.9 cm³/mol. The normalized spacial score (nSPS) is 12.2. The van der Waals surface area contributed by atoms with Crippen LogP contribution in [-0.4, -0.2) is 10.2 Å². The summed E-state index contributed by atoms with van der Waals surface area (Å²) < 4.78 is 13.5. The molecule has 3 nitrogen and oxygen atoms in total. The van der Waals surface area contributed by atoms with Crippen LogP contribution in [0.15, 0.2) is 40.9 Å². The van der Waals surface area contributed by atoms with Crippen LogP contribution >= 0.6 is 15.9 Å². The minimum absolute atomic E-state index is 0.0849. The van der Waals surface area contributed by atoms with Gasteiger partial charge in [0, 0.05) is 11.3 Å². The van der Waals surface area contributed by atoms with E-state index in [-0.39, 0.29) is 23.4 Å². The van der Waals surface area contributed by atoms with Crippen LogP contribution in [0.5, 0.6) is 11.5 Å². The molecule has 19 heavy (non-hydrogen) atoms. The van der Waals surface area contributed by atoms with Gasteiger partial charge in [-0.15, -0.1) is 0 Å². The lowest BCUT2D eigenvalue weighted by molar-refractivity contribution is 0.451. The number of aromatic hydroxyl groups is 2. The Morgan fingerprint density at radius 3 is 2.58 bits per heavy atom. The number of hydrogen-bond donors (Lipinski definition) is 3. The van der Waals surface area contributed by atoms with E-state index in [1.807, 2.05) is 6.92 Å². The average molecular weight is 326 g/mol. The summed E-state index contributed by atoms with van der Waals surface area (Å²) in [6, 6.07) is 8.68. The van der Waals surface area contributed by atoms with E-state index in [4.69, 9.17) is 0 Å². The van der Waals surface area contributed by atoms with Crippen LogP contribution in [0.3, 0.4) is 0 Å². The molecule has 0 radical (unpaired) electrons. The lowest BCUT2D eigenvalue weighted by Crippen LogP contribution is -2.07. The summed E-state index contributed by atoms with van der Waals surface area (Å²) in [5, 5.41) is 22.3. The quantitative estimate of drug-likeness (QED) is 0.742. The van der Waals surface area contributed by atoms with Crippen molar-refractivity contribution in [2.24, 2.45) is 0 Å². The zero-order valence-corrected chi connectivity index (χ0v) is 11.8. The fourth-order valence-electron chi connectivity index (χ4n) is 1.80. The van der Waals surface area contributed by atoms with E-state index in [0.717, 1.165) is 0 Å². The second kappa shape index (κ2) is 5.48. The van der Waals surface area contributed by atoms with Crippen LogP contribution in [0.2, 0.25) is 0 Å². The van der Waals surface area contributed by atoms with Gasteiger partial charge in [0.2, 0.25) is 0 Å². The molecule has 0 spiro atoms. The van der Waals surface area contributed by atoms with Gasteiger partial charge in [-0.05, 0) is 59.3 Å². The second-order valence-electron chi connectivity index (χ2n) is 4.24. The van der Waals surface area contributed by atoms with E-state index >= 15 is 0 Å². The standard InChI is InChI=1S/C14H13BrFNO2/c1-8(11-7-10(18)3-5-14(11)19)17-9-2-4-13(16)12(15)6-9/h2-8,17-19H,1H3. The summed E-state index contributed by atoms with van der Waals surface area (Å²) in [4.78, 5) is 0. The number of benzene rings is 2. The van der Waals surface area contributed by atoms with Crippen molar-refractivity contribution in [1.29, 1.82) is 0 Å². The number of anilines is 1. The molecule has 2 aromatic carbocycles. The lowest BCUT2D eigenvalue weighted by Gasteiger charge is -2.17. The van der Waals surface area contributed by atoms with E-state index in [9.17, 15) is 14.6 Å². The van der Waals surface area contributed by atoms with Crippen molar-refractivity contribution in [2.75, 3.05) is 5.32 Å². The van der Waals surface area contributed by atoms with E-state index < -0.39 is 0 Å². The first kappa shape index (κ1) is 13.7. The number of phenols is 2. The van der Waals surface area contributed by atoms with E-state index in [0.29, 0.717) is 15.7 Å². The maximum atomic E-state index is 13.1. The van der Waals surface area contributed by atoms with Crippen LogP contribution in [0.25, 0.3) is 0 Å². The van der Waals surface area contributed by atoms with Gasteiger partial charge in [-0.2, -0.15) is 0 Å². The van der Waals surface area contributed by atoms with E-state index in [2.05, 4.69) is 21.2 Å². The fraction of sp³-hybridized carbons (Fsp3) is 0.143. The van der Waals surface area contributed by atoms with Gasteiger partial charge in [0.25, 0.3) is 0 Å². The molecule has 0 aliphatic rings. The zero-order valence-electron chi connectivity index (χ0n) is 10.2. The summed E-state index contributed by atoms with van der Waals surface area (Å²) in [6.45, 7) is 1.84. The van der Waals surface area contributed by atoms with Gasteiger partial charge in [-0.25, -0.2) is 4.39 Å². The Morgan fingerprint density at radius 1 is 1.16 bits per heavy atom. The number of hydrogen-bond acceptors (Lipinski definition) is 3. The third kappa shape index (κ3) is 3.17. The molecule has 2 rings (SSSR count). The number of nitrogens with one attached hydrogen (secondary N) is 1. The van der Waals surface area contributed by atoms with Crippen molar-refractivity contribution < 1.29 is 14.6 Å². The molecule has 3 N–H and O–H groups in total. The summed E-state index contributed by atoms with van der Waals surface area (Å²) in [6.07, 6.45) is 0. The van der Waals surface area contributed by atoms with Crippen LogP contribution in [0.1, 0.15) is 18.5 Å². The van der Waals surface area contributed by atoms with Crippen LogP contribution in [0.4, 0.5) is 10.1 Å². The highest BCUT2D eigenvalue weighted by molar-refractivity contribution is 9.10. The molecule has 0 saturated heterocycles. The maximum Gasteiger partial charge on any atom is 0.137 e. The van der Waals surface area contributed by atoms with Gasteiger partial charge in [0.15, 0.2) is 0 Å². The highest BCUT2D eigenvalue weighted by atomic mass is 79.9. The third-order valence-corrected chi connectivity index (χ3v) is 3.39. The average Bonchev–Trinajstić information content (AvgIpc) is 2.36. The highest BCUT2D eigenvalue weighted by Gasteiger charge is 2.12. The minimum atomic E-state index is -0.335. The molecular formula is C14H13BrFNO2. The molecule has 0 aliphatic carbocycles. The molecule has 0 fully saturated rings. The predicted octanol–water partition coefficient (Wildman–Crippen LogP) is 4.17. The molecule has 1 atom stereocenters. The van der Waals surface area contributed by atoms with Gasteiger partial charge >= 0.3 is 0 Å². The lowest BCUT2D eigenvalue weighted by atomic mass is 10.1. The van der Waals surface area contributed by atoms with Crippen molar-refractivity contribution in [1.82, 2.24) is 0 Å². The topological polar surface area (TPSA) is 52.5 Å². The molecule has 100 valence electrons. The first-order chi connectivity index (χ1) is 8.97. The van der Waals surface area contributed by atoms with Gasteiger partial charge in [0.05, 0.1) is 10.5 Å². The van der Waals surface area contributed by atoms with Crippen molar-refractivity contribution in [3.63, 3.8) is 0 Å². The molecule has 0 amide bonds. The van der Waals surface area contributed by atoms with Crippen LogP contribution in [0, 0.1) is 5.82 Å². The van der Waals surface area contributed by atoms with Crippen molar-refractivity contribution in [2.45, 2.75) is 13.0 Å². The molecule has 2 aromatic rings. The Morgan fingerprint density at radius 2 is 1.89 bits per heavy atom. The van der Waals surface area contributed by atoms with E-state index in [1.54, 1.807) is 12.1 Å². The minimum Gasteiger partial charge on any atom is -0.508 e. The SMILES string of the molecule is CC(Nc1ccc(F)c(Br)c1)c1cc(O)ccc1O. The first-order valence-electron chi connectivity index (χ1n) is 5.71. The molecule has 0 bridgehead atoms. The van der Waals surface area contributed by atoms with Crippen LogP contribution < -0.4 is 5.32 Å². The second-order valence-corrected chi connectivity index (χ2v) is 5.09. The molecule has 0 aliphatic heterocycles. The zero-order chi connectivity index (χ0) is 14.0. The number of rotatable bonds is 3. The molecule has 5 heteroatoms. The largest absolute Gasteiger partial charge is 0.508 e. The smallest absolute Gasteiger partial charge is 0.137 e. The number of halogens is 2. The first-order valence-corrected chi connectivity index (χ1v) is 6.50. The Bertz CT molecular complexity index is 604. The van der Waals surface area contributed by atoms with Gasteiger partial charge in [-0.3, -0.25) is 0 Å². The molecule has 1 unspecified atom stereocenters. The van der Waals surface area contributed by atoms with Crippen molar-refractivity contribution >= 4 is 21.6 Å². The van der Waals surface area contributed by atoms with Gasteiger partial charge in [0.1, 0.15) is 17.3 Å². The Labute approximate surface area is 118 Å². The van der Waals surface area contributed by atoms with Crippen molar-refractivity contribution in [3.05, 3.63) is 52.3 Å². The summed E-state index contributed by atoms with van der Waals surface area (Å²) in [5.41, 5.74) is 1.28. The van der Waals surface area contributed by atoms with Crippen LogP contribution in [-0.2, 0) is 0 Å². The monoisotopic (exact) mass is 325 g/mol. The Balaban J connectivity index is 2.22. The Kier molecular flexibility index (Phi) is 3.95. The van der Waals surface area contributed by atoms with Crippen molar-refractivity contribution in [3.8, 4) is 11.5 Å². The molecule has 0 heterocycles. The molecule has 0 aromatic heterocycles. The summed E-state index contributed by atoms with van der Waals surface area (Å²) in [5.74, 6) is -0.154.